The fourth-order valence-electron chi connectivity index (χ4n) is 3.10. The average Bonchev–Trinajstić information content (AvgIpc) is 3.00. The fraction of sp³-hybridized carbons (Fsp3) is 0.333. The molecule has 0 atom stereocenters. The molecule has 0 amide bonds. The van der Waals surface area contributed by atoms with Crippen LogP contribution in [0.3, 0.4) is 0 Å². The summed E-state index contributed by atoms with van der Waals surface area (Å²) in [5.74, 6) is 1.90. The van der Waals surface area contributed by atoms with E-state index >= 15 is 0 Å². The van der Waals surface area contributed by atoms with Gasteiger partial charge < -0.3 is 14.8 Å². The molecule has 1 fully saturated rings. The van der Waals surface area contributed by atoms with Crippen molar-refractivity contribution in [1.82, 2.24) is 19.9 Å². The molecule has 1 saturated heterocycles. The largest absolute Gasteiger partial charge is 0.352 e. The van der Waals surface area contributed by atoms with E-state index in [2.05, 4.69) is 58.0 Å². The fourth-order valence-corrected chi connectivity index (χ4v) is 3.10. The molecule has 23 heavy (non-hydrogen) atoms. The normalized spacial score (nSPS) is 16.2. The van der Waals surface area contributed by atoms with Crippen molar-refractivity contribution < 1.29 is 0 Å². The molecule has 0 saturated carbocycles. The maximum Gasteiger partial charge on any atom is 0.156 e. The number of pyridine rings is 1. The summed E-state index contributed by atoms with van der Waals surface area (Å²) in [5.41, 5.74) is 4.37. The number of rotatable bonds is 2. The van der Waals surface area contributed by atoms with Crippen molar-refractivity contribution in [3.05, 3.63) is 42.1 Å². The highest BCUT2D eigenvalue weighted by molar-refractivity contribution is 5.88. The summed E-state index contributed by atoms with van der Waals surface area (Å²) in [6.45, 7) is 6.22. The first kappa shape index (κ1) is 14.2. The van der Waals surface area contributed by atoms with Gasteiger partial charge in [0.15, 0.2) is 5.82 Å². The molecule has 1 aliphatic heterocycles. The van der Waals surface area contributed by atoms with E-state index < -0.39 is 0 Å². The monoisotopic (exact) mass is 307 g/mol. The van der Waals surface area contributed by atoms with Crippen molar-refractivity contribution in [1.29, 1.82) is 0 Å². The van der Waals surface area contributed by atoms with Crippen molar-refractivity contribution in [2.24, 2.45) is 0 Å². The number of anilines is 1. The van der Waals surface area contributed by atoms with Crippen LogP contribution in [0, 0.1) is 6.92 Å². The number of aryl methyl sites for hydroxylation is 1. The predicted octanol–water partition coefficient (Wildman–Crippen LogP) is 2.69. The standard InChI is InChI=1S/C18H21N5/c1-13-4-3-5-14(12-13)17-20-15-6-7-19-18(16(15)21-17)23-10-8-22(2)9-11-23/h3-7,12H,8-11H2,1-2H3,(H,20,21). The Bertz CT molecular complexity index is 830. The van der Waals surface area contributed by atoms with E-state index in [-0.39, 0.29) is 0 Å². The Balaban J connectivity index is 1.76. The van der Waals surface area contributed by atoms with Gasteiger partial charge in [-0.2, -0.15) is 0 Å². The molecule has 2 aromatic heterocycles. The van der Waals surface area contributed by atoms with Gasteiger partial charge in [-0.1, -0.05) is 23.8 Å². The van der Waals surface area contributed by atoms with E-state index in [1.165, 1.54) is 5.56 Å². The number of hydrogen-bond donors (Lipinski definition) is 1. The van der Waals surface area contributed by atoms with Gasteiger partial charge in [0.2, 0.25) is 0 Å². The van der Waals surface area contributed by atoms with Gasteiger partial charge in [0.05, 0.1) is 5.52 Å². The number of hydrogen-bond acceptors (Lipinski definition) is 4. The summed E-state index contributed by atoms with van der Waals surface area (Å²) < 4.78 is 0. The predicted molar refractivity (Wildman–Crippen MR) is 93.8 cm³/mol. The van der Waals surface area contributed by atoms with Crippen molar-refractivity contribution >= 4 is 16.9 Å². The van der Waals surface area contributed by atoms with Crippen LogP contribution < -0.4 is 4.90 Å². The second kappa shape index (κ2) is 5.66. The third-order valence-electron chi connectivity index (χ3n) is 4.48. The Labute approximate surface area is 136 Å². The Morgan fingerprint density at radius 1 is 1.09 bits per heavy atom. The highest BCUT2D eigenvalue weighted by atomic mass is 15.3. The molecule has 1 aromatic carbocycles. The summed E-state index contributed by atoms with van der Waals surface area (Å²) in [6, 6.07) is 10.4. The Morgan fingerprint density at radius 2 is 1.91 bits per heavy atom. The maximum absolute atomic E-state index is 4.84. The van der Waals surface area contributed by atoms with Crippen LogP contribution in [0.5, 0.6) is 0 Å². The lowest BCUT2D eigenvalue weighted by Crippen LogP contribution is -2.44. The minimum atomic E-state index is 0.909. The van der Waals surface area contributed by atoms with Crippen molar-refractivity contribution in [3.63, 3.8) is 0 Å². The molecule has 1 aliphatic rings. The van der Waals surface area contributed by atoms with Crippen LogP contribution in [0.2, 0.25) is 0 Å². The molecule has 0 aliphatic carbocycles. The van der Waals surface area contributed by atoms with Crippen molar-refractivity contribution in [2.75, 3.05) is 38.1 Å². The summed E-state index contributed by atoms with van der Waals surface area (Å²) >= 11 is 0. The third kappa shape index (κ3) is 2.68. The topological polar surface area (TPSA) is 48.1 Å². The van der Waals surface area contributed by atoms with Crippen LogP contribution in [0.4, 0.5) is 5.82 Å². The quantitative estimate of drug-likeness (QED) is 0.791. The number of aromatic amines is 1. The Kier molecular flexibility index (Phi) is 3.50. The Morgan fingerprint density at radius 3 is 2.70 bits per heavy atom. The molecule has 118 valence electrons. The molecule has 0 unspecified atom stereocenters. The SMILES string of the molecule is Cc1cccc(-c2nc3c(N4CCN(C)CC4)nccc3[nH]2)c1. The molecule has 0 bridgehead atoms. The van der Waals surface area contributed by atoms with Crippen molar-refractivity contribution in [2.45, 2.75) is 6.92 Å². The first-order chi connectivity index (χ1) is 11.2. The molecular formula is C18H21N5. The van der Waals surface area contributed by atoms with Gasteiger partial charge in [-0.3, -0.25) is 0 Å². The number of piperazine rings is 1. The van der Waals surface area contributed by atoms with Crippen molar-refractivity contribution in [3.8, 4) is 11.4 Å². The summed E-state index contributed by atoms with van der Waals surface area (Å²) in [4.78, 5) is 17.6. The highest BCUT2D eigenvalue weighted by Crippen LogP contribution is 2.27. The molecule has 4 rings (SSSR count). The summed E-state index contributed by atoms with van der Waals surface area (Å²) in [5, 5.41) is 0. The number of H-pyrrole nitrogens is 1. The molecule has 5 heteroatoms. The first-order valence-electron chi connectivity index (χ1n) is 8.06. The van der Waals surface area contributed by atoms with E-state index in [0.29, 0.717) is 0 Å². The average molecular weight is 307 g/mol. The number of nitrogens with zero attached hydrogens (tertiary/aromatic N) is 4. The molecule has 0 spiro atoms. The van der Waals surface area contributed by atoms with Gasteiger partial charge in [0.1, 0.15) is 11.3 Å². The number of benzene rings is 1. The zero-order chi connectivity index (χ0) is 15.8. The van der Waals surface area contributed by atoms with E-state index in [0.717, 1.165) is 54.4 Å². The van der Waals surface area contributed by atoms with Gasteiger partial charge in [-0.05, 0) is 26.1 Å². The molecule has 3 aromatic rings. The van der Waals surface area contributed by atoms with Crippen LogP contribution in [-0.4, -0.2) is 53.1 Å². The number of nitrogens with one attached hydrogen (secondary N) is 1. The zero-order valence-electron chi connectivity index (χ0n) is 13.6. The maximum atomic E-state index is 4.84. The number of likely N-dealkylation sites (N-methyl/N-ethyl adjacent to an activating group) is 1. The molecular weight excluding hydrogens is 286 g/mol. The number of aromatic nitrogens is 3. The highest BCUT2D eigenvalue weighted by Gasteiger charge is 2.19. The lowest BCUT2D eigenvalue weighted by atomic mass is 10.1. The van der Waals surface area contributed by atoms with Crippen LogP contribution in [-0.2, 0) is 0 Å². The van der Waals surface area contributed by atoms with Gasteiger partial charge >= 0.3 is 0 Å². The van der Waals surface area contributed by atoms with E-state index in [4.69, 9.17) is 4.98 Å². The lowest BCUT2D eigenvalue weighted by Gasteiger charge is -2.33. The Hall–Kier alpha value is -2.40. The zero-order valence-corrected chi connectivity index (χ0v) is 13.6. The van der Waals surface area contributed by atoms with Crippen LogP contribution in [0.15, 0.2) is 36.5 Å². The third-order valence-corrected chi connectivity index (χ3v) is 4.48. The van der Waals surface area contributed by atoms with E-state index in [9.17, 15) is 0 Å². The van der Waals surface area contributed by atoms with Crippen LogP contribution >= 0.6 is 0 Å². The van der Waals surface area contributed by atoms with E-state index in [1.807, 2.05) is 12.3 Å². The molecule has 1 N–H and O–H groups in total. The van der Waals surface area contributed by atoms with Gasteiger partial charge in [-0.25, -0.2) is 9.97 Å². The van der Waals surface area contributed by atoms with E-state index in [1.54, 1.807) is 0 Å². The number of imidazole rings is 1. The molecule has 0 radical (unpaired) electrons. The van der Waals surface area contributed by atoms with Gasteiger partial charge in [0, 0.05) is 37.9 Å². The van der Waals surface area contributed by atoms with Gasteiger partial charge in [-0.15, -0.1) is 0 Å². The lowest BCUT2D eigenvalue weighted by molar-refractivity contribution is 0.312. The minimum absolute atomic E-state index is 0.909. The van der Waals surface area contributed by atoms with Crippen LogP contribution in [0.25, 0.3) is 22.4 Å². The second-order valence-corrected chi connectivity index (χ2v) is 6.28. The first-order valence-corrected chi connectivity index (χ1v) is 8.06. The van der Waals surface area contributed by atoms with Gasteiger partial charge in [0.25, 0.3) is 0 Å². The smallest absolute Gasteiger partial charge is 0.156 e. The second-order valence-electron chi connectivity index (χ2n) is 6.28. The molecule has 3 heterocycles. The molecule has 5 nitrogen and oxygen atoms in total. The summed E-state index contributed by atoms with van der Waals surface area (Å²) in [6.07, 6.45) is 1.87. The van der Waals surface area contributed by atoms with Crippen LogP contribution in [0.1, 0.15) is 5.56 Å². The minimum Gasteiger partial charge on any atom is -0.352 e. The number of fused-ring (bicyclic) bond motifs is 1. The summed E-state index contributed by atoms with van der Waals surface area (Å²) in [7, 11) is 2.16.